The molecule has 4 rings (SSSR count). The van der Waals surface area contributed by atoms with E-state index in [9.17, 15) is 32.3 Å². The summed E-state index contributed by atoms with van der Waals surface area (Å²) in [6, 6.07) is 10.3. The van der Waals surface area contributed by atoms with E-state index >= 15 is 0 Å². The minimum atomic E-state index is -4.00. The van der Waals surface area contributed by atoms with Gasteiger partial charge in [-0.05, 0) is 55.5 Å². The molecule has 0 unspecified atom stereocenters. The van der Waals surface area contributed by atoms with Crippen LogP contribution in [0.25, 0.3) is 0 Å². The smallest absolute Gasteiger partial charge is 0.323 e. The Bertz CT molecular complexity index is 1650. The highest BCUT2D eigenvalue weighted by atomic mass is 32.2. The summed E-state index contributed by atoms with van der Waals surface area (Å²) in [7, 11) is -1.12. The van der Waals surface area contributed by atoms with Gasteiger partial charge in [-0.3, -0.25) is 9.59 Å². The maximum atomic E-state index is 13.5. The Morgan fingerprint density at radius 1 is 1.16 bits per heavy atom. The number of thiophene rings is 1. The number of aliphatic hydroxyl groups excluding tert-OH is 1. The van der Waals surface area contributed by atoms with Crippen molar-refractivity contribution in [3.05, 3.63) is 70.2 Å². The largest absolute Gasteiger partial charge is 0.488 e. The average Bonchev–Trinajstić information content (AvgIpc) is 3.53. The van der Waals surface area contributed by atoms with Gasteiger partial charge in [0.05, 0.1) is 35.4 Å². The topological polar surface area (TPSA) is 157 Å². The van der Waals surface area contributed by atoms with E-state index in [0.717, 1.165) is 15.6 Å². The van der Waals surface area contributed by atoms with Gasteiger partial charge in [0.25, 0.3) is 5.91 Å². The summed E-state index contributed by atoms with van der Waals surface area (Å²) in [6.45, 7) is 3.39. The number of nitrogens with zero attached hydrogens (tertiary/aromatic N) is 2. The third-order valence-electron chi connectivity index (χ3n) is 7.45. The molecule has 4 amide bonds. The molecule has 3 atom stereocenters. The number of hydrogen-bond donors (Lipinski definition) is 4. The minimum Gasteiger partial charge on any atom is -0.488 e. The standard InChI is InChI=1S/C30H36FN5O7S2/c1-18-14-36(19(2)16-37)28(38)12-20-11-23(34-30(40)33-22-7-5-21(31)6-8-22)9-10-25(20)43-26(18)15-35(4)45(41,42)24-13-27(44-17-24)29(39)32-3/h5-11,13,17-19,26,37H,12,14-16H2,1-4H3,(H,32,39)(H2,33,34,40)/t18-,19-,26-/m0/s1. The van der Waals surface area contributed by atoms with Crippen molar-refractivity contribution in [2.75, 3.05) is 44.4 Å². The van der Waals surface area contributed by atoms with E-state index in [1.165, 1.54) is 49.8 Å². The fraction of sp³-hybridized carbons (Fsp3) is 0.367. The molecule has 0 aliphatic carbocycles. The van der Waals surface area contributed by atoms with Crippen LogP contribution in [0.1, 0.15) is 29.1 Å². The third-order valence-corrected chi connectivity index (χ3v) is 10.3. The predicted octanol–water partition coefficient (Wildman–Crippen LogP) is 3.36. The molecular formula is C30H36FN5O7S2. The Morgan fingerprint density at radius 2 is 1.82 bits per heavy atom. The van der Waals surface area contributed by atoms with Crippen molar-refractivity contribution in [3.8, 4) is 5.75 Å². The number of halogens is 1. The molecule has 0 spiro atoms. The highest BCUT2D eigenvalue weighted by Crippen LogP contribution is 2.30. The highest BCUT2D eigenvalue weighted by Gasteiger charge is 2.34. The molecule has 0 radical (unpaired) electrons. The van der Waals surface area contributed by atoms with Crippen molar-refractivity contribution >= 4 is 50.6 Å². The minimum absolute atomic E-state index is 0.0231. The first-order chi connectivity index (χ1) is 21.3. The number of amides is 4. The van der Waals surface area contributed by atoms with Crippen LogP contribution >= 0.6 is 11.3 Å². The number of anilines is 2. The second kappa shape index (κ2) is 14.4. The van der Waals surface area contributed by atoms with Gasteiger partial charge < -0.3 is 30.7 Å². The summed E-state index contributed by atoms with van der Waals surface area (Å²) in [6.07, 6.45) is -0.819. The van der Waals surface area contributed by atoms with E-state index < -0.39 is 39.9 Å². The molecular weight excluding hydrogens is 625 g/mol. The lowest BCUT2D eigenvalue weighted by molar-refractivity contribution is -0.134. The summed E-state index contributed by atoms with van der Waals surface area (Å²) in [5, 5.41) is 19.1. The molecule has 12 nitrogen and oxygen atoms in total. The Morgan fingerprint density at radius 3 is 2.49 bits per heavy atom. The van der Waals surface area contributed by atoms with Gasteiger partial charge in [-0.25, -0.2) is 17.6 Å². The number of ether oxygens (including phenoxy) is 1. The summed E-state index contributed by atoms with van der Waals surface area (Å²) in [5.74, 6) is -1.13. The molecule has 1 aliphatic heterocycles. The first kappa shape index (κ1) is 33.8. The molecule has 1 aromatic heterocycles. The summed E-state index contributed by atoms with van der Waals surface area (Å²) < 4.78 is 47.7. The average molecular weight is 662 g/mol. The first-order valence-electron chi connectivity index (χ1n) is 14.1. The molecule has 0 saturated heterocycles. The van der Waals surface area contributed by atoms with Crippen LogP contribution in [0.15, 0.2) is 58.8 Å². The van der Waals surface area contributed by atoms with Crippen molar-refractivity contribution in [2.45, 2.75) is 37.3 Å². The van der Waals surface area contributed by atoms with Crippen LogP contribution < -0.4 is 20.7 Å². The molecule has 0 fully saturated rings. The summed E-state index contributed by atoms with van der Waals surface area (Å²) in [4.78, 5) is 39.9. The lowest BCUT2D eigenvalue weighted by Gasteiger charge is -2.33. The van der Waals surface area contributed by atoms with E-state index in [-0.39, 0.29) is 47.7 Å². The SMILES string of the molecule is CNC(=O)c1cc(S(=O)(=O)N(C)C[C@@H]2Oc3ccc(NC(=O)Nc4ccc(F)cc4)cc3CC(=O)N([C@@H](C)CO)C[C@@H]2C)cs1. The van der Waals surface area contributed by atoms with Gasteiger partial charge in [-0.2, -0.15) is 4.31 Å². The molecule has 15 heteroatoms. The summed E-state index contributed by atoms with van der Waals surface area (Å²) >= 11 is 1.02. The number of likely N-dealkylation sites (N-methyl/N-ethyl adjacent to an activating group) is 1. The van der Waals surface area contributed by atoms with Crippen molar-refractivity contribution in [1.82, 2.24) is 14.5 Å². The van der Waals surface area contributed by atoms with Crippen LogP contribution in [0.4, 0.5) is 20.6 Å². The third kappa shape index (κ3) is 8.16. The van der Waals surface area contributed by atoms with Crippen molar-refractivity contribution in [2.24, 2.45) is 5.92 Å². The Balaban J connectivity index is 1.60. The van der Waals surface area contributed by atoms with Gasteiger partial charge in [0.2, 0.25) is 15.9 Å². The molecule has 0 saturated carbocycles. The van der Waals surface area contributed by atoms with Crippen LogP contribution in [0.5, 0.6) is 5.75 Å². The molecule has 242 valence electrons. The zero-order valence-corrected chi connectivity index (χ0v) is 26.9. The van der Waals surface area contributed by atoms with E-state index in [1.807, 2.05) is 6.92 Å². The number of aliphatic hydroxyl groups is 1. The number of benzene rings is 2. The molecule has 1 aliphatic rings. The second-order valence-electron chi connectivity index (χ2n) is 10.8. The first-order valence-corrected chi connectivity index (χ1v) is 16.4. The highest BCUT2D eigenvalue weighted by molar-refractivity contribution is 7.89. The van der Waals surface area contributed by atoms with Crippen LogP contribution in [0.2, 0.25) is 0 Å². The molecule has 0 bridgehead atoms. The zero-order chi connectivity index (χ0) is 32.9. The molecule has 4 N–H and O–H groups in total. The Kier molecular flexibility index (Phi) is 10.8. The lowest BCUT2D eigenvalue weighted by atomic mass is 10.0. The number of hydrogen-bond acceptors (Lipinski definition) is 8. The van der Waals surface area contributed by atoms with Gasteiger partial charge in [-0.1, -0.05) is 6.92 Å². The fourth-order valence-electron chi connectivity index (χ4n) is 4.78. The molecule has 3 aromatic rings. The van der Waals surface area contributed by atoms with Crippen molar-refractivity contribution < 1.29 is 37.0 Å². The number of nitrogens with one attached hydrogen (secondary N) is 3. The van der Waals surface area contributed by atoms with Crippen molar-refractivity contribution in [3.63, 3.8) is 0 Å². The number of rotatable bonds is 9. The van der Waals surface area contributed by atoms with Crippen LogP contribution in [0, 0.1) is 11.7 Å². The van der Waals surface area contributed by atoms with E-state index in [0.29, 0.717) is 22.7 Å². The fourth-order valence-corrected chi connectivity index (χ4v) is 7.17. The molecule has 2 aromatic carbocycles. The molecule has 2 heterocycles. The van der Waals surface area contributed by atoms with Gasteiger partial charge in [0.15, 0.2) is 0 Å². The normalized spacial score (nSPS) is 17.8. The number of fused-ring (bicyclic) bond motifs is 1. The van der Waals surface area contributed by atoms with Crippen LogP contribution in [-0.4, -0.2) is 86.5 Å². The van der Waals surface area contributed by atoms with E-state index in [4.69, 9.17) is 4.74 Å². The zero-order valence-electron chi connectivity index (χ0n) is 25.2. The monoisotopic (exact) mass is 661 g/mol. The van der Waals surface area contributed by atoms with E-state index in [2.05, 4.69) is 16.0 Å². The lowest BCUT2D eigenvalue weighted by Crippen LogP contribution is -2.48. The van der Waals surface area contributed by atoms with Gasteiger partial charge in [-0.15, -0.1) is 11.3 Å². The van der Waals surface area contributed by atoms with Crippen molar-refractivity contribution in [1.29, 1.82) is 0 Å². The maximum absolute atomic E-state index is 13.5. The maximum Gasteiger partial charge on any atom is 0.323 e. The Labute approximate surface area is 265 Å². The number of carbonyl (C=O) groups is 3. The van der Waals surface area contributed by atoms with Gasteiger partial charge >= 0.3 is 6.03 Å². The summed E-state index contributed by atoms with van der Waals surface area (Å²) in [5.41, 5.74) is 1.19. The predicted molar refractivity (Wildman–Crippen MR) is 169 cm³/mol. The van der Waals surface area contributed by atoms with Crippen LogP contribution in [0.3, 0.4) is 0 Å². The van der Waals surface area contributed by atoms with Gasteiger partial charge in [0.1, 0.15) is 17.7 Å². The number of carbonyl (C=O) groups excluding carboxylic acids is 3. The second-order valence-corrected chi connectivity index (χ2v) is 13.8. The number of urea groups is 1. The van der Waals surface area contributed by atoms with E-state index in [1.54, 1.807) is 30.0 Å². The quantitative estimate of drug-likeness (QED) is 0.274. The molecule has 45 heavy (non-hydrogen) atoms. The van der Waals surface area contributed by atoms with Gasteiger partial charge in [0, 0.05) is 48.9 Å². The Hall–Kier alpha value is -4.05. The van der Waals surface area contributed by atoms with Crippen LogP contribution in [-0.2, 0) is 21.2 Å². The number of sulfonamides is 1.